The van der Waals surface area contributed by atoms with Gasteiger partial charge in [-0.3, -0.25) is 0 Å². The first-order valence-corrected chi connectivity index (χ1v) is 20.3. The van der Waals surface area contributed by atoms with Crippen molar-refractivity contribution in [2.24, 2.45) is 0 Å². The van der Waals surface area contributed by atoms with Crippen molar-refractivity contribution in [3.05, 3.63) is 245 Å². The van der Waals surface area contributed by atoms with E-state index in [2.05, 4.69) is 164 Å². The van der Waals surface area contributed by atoms with Crippen molar-refractivity contribution < 1.29 is 0 Å². The van der Waals surface area contributed by atoms with Crippen LogP contribution in [-0.2, 0) is 10.8 Å². The molecule has 1 aromatic heterocycles. The normalized spacial score (nSPS) is 14.5. The van der Waals surface area contributed by atoms with Crippen molar-refractivity contribution in [3.8, 4) is 45.3 Å². The van der Waals surface area contributed by atoms with Crippen LogP contribution in [0.3, 0.4) is 0 Å². The second-order valence-electron chi connectivity index (χ2n) is 15.0. The number of rotatable bonds is 3. The smallest absolute Gasteiger partial charge is 0.164 e. The van der Waals surface area contributed by atoms with Crippen LogP contribution in [0.25, 0.3) is 45.3 Å². The summed E-state index contributed by atoms with van der Waals surface area (Å²) >= 11 is 1.88. The lowest BCUT2D eigenvalue weighted by Gasteiger charge is -2.51. The molecule has 3 nitrogen and oxygen atoms in total. The Morgan fingerprint density at radius 3 is 1.16 bits per heavy atom. The van der Waals surface area contributed by atoms with Crippen LogP contribution >= 0.6 is 11.8 Å². The van der Waals surface area contributed by atoms with Crippen molar-refractivity contribution in [1.29, 1.82) is 0 Å². The third-order valence-electron chi connectivity index (χ3n) is 12.3. The van der Waals surface area contributed by atoms with Gasteiger partial charge < -0.3 is 0 Å². The van der Waals surface area contributed by atoms with Gasteiger partial charge in [-0.05, 0) is 73.8 Å². The maximum atomic E-state index is 5.13. The highest BCUT2D eigenvalue weighted by molar-refractivity contribution is 7.99. The summed E-state index contributed by atoms with van der Waals surface area (Å²) < 4.78 is 0. The van der Waals surface area contributed by atoms with Gasteiger partial charge in [0.2, 0.25) is 0 Å². The number of fused-ring (bicyclic) bond motifs is 15. The minimum Gasteiger partial charge on any atom is -0.208 e. The van der Waals surface area contributed by atoms with Crippen molar-refractivity contribution in [2.45, 2.75) is 20.6 Å². The number of hydrogen-bond acceptors (Lipinski definition) is 4. The van der Waals surface area contributed by atoms with Crippen LogP contribution in [0.1, 0.15) is 44.5 Å². The van der Waals surface area contributed by atoms with Gasteiger partial charge in [-0.25, -0.2) is 15.0 Å². The molecule has 0 atom stereocenters. The van der Waals surface area contributed by atoms with Crippen LogP contribution in [-0.4, -0.2) is 15.0 Å². The number of benzene rings is 8. The van der Waals surface area contributed by atoms with E-state index in [0.29, 0.717) is 17.5 Å². The second-order valence-corrected chi connectivity index (χ2v) is 16.1. The van der Waals surface area contributed by atoms with Crippen LogP contribution in [0, 0.1) is 0 Å². The summed E-state index contributed by atoms with van der Waals surface area (Å²) in [6, 6.07) is 72.9. The molecule has 0 saturated heterocycles. The van der Waals surface area contributed by atoms with E-state index in [9.17, 15) is 0 Å². The fourth-order valence-corrected chi connectivity index (χ4v) is 11.3. The maximum absolute atomic E-state index is 5.13. The lowest BCUT2D eigenvalue weighted by Crippen LogP contribution is -2.45. The lowest BCUT2D eigenvalue weighted by molar-refractivity contribution is 0.605. The van der Waals surface area contributed by atoms with Gasteiger partial charge in [-0.15, -0.1) is 0 Å². The molecule has 2 heterocycles. The quantitative estimate of drug-likeness (QED) is 0.181. The molecule has 0 fully saturated rings. The van der Waals surface area contributed by atoms with Gasteiger partial charge in [0.05, 0.1) is 10.8 Å². The van der Waals surface area contributed by atoms with Crippen LogP contribution in [0.15, 0.2) is 210 Å². The van der Waals surface area contributed by atoms with E-state index >= 15 is 0 Å². The molecule has 2 spiro atoms. The predicted molar refractivity (Wildman–Crippen MR) is 229 cm³/mol. The predicted octanol–water partition coefficient (Wildman–Crippen LogP) is 12.4. The Balaban J connectivity index is 1.14. The molecule has 9 aromatic rings. The Hall–Kier alpha value is -6.88. The Bertz CT molecular complexity index is 2910. The average Bonchev–Trinajstić information content (AvgIpc) is 3.58. The fraction of sp³-hybridized carbons (Fsp3) is 0.0377. The van der Waals surface area contributed by atoms with E-state index in [1.807, 2.05) is 48.2 Å². The zero-order valence-corrected chi connectivity index (χ0v) is 31.6. The molecule has 4 heteroatoms. The van der Waals surface area contributed by atoms with Crippen molar-refractivity contribution in [1.82, 2.24) is 15.0 Å². The molecule has 0 amide bonds. The van der Waals surface area contributed by atoms with Gasteiger partial charge in [0.1, 0.15) is 0 Å². The minimum absolute atomic E-state index is 0.499. The highest BCUT2D eigenvalue weighted by atomic mass is 32.2. The van der Waals surface area contributed by atoms with Crippen LogP contribution in [0.5, 0.6) is 0 Å². The topological polar surface area (TPSA) is 38.7 Å². The summed E-state index contributed by atoms with van der Waals surface area (Å²) in [6.07, 6.45) is 0. The Kier molecular flexibility index (Phi) is 6.99. The van der Waals surface area contributed by atoms with Gasteiger partial charge >= 0.3 is 0 Å². The molecule has 0 saturated carbocycles. The SMILES string of the molecule is c1ccc(-c2nc(-c3ccccc3)nc(-c3ccc4c(c3)-c3ccccc3C43c4ccccc4C4(c5ccccc5Sc5ccccc54)c4ccccc43)n2)cc1. The van der Waals surface area contributed by atoms with Gasteiger partial charge in [0.15, 0.2) is 17.5 Å². The Morgan fingerprint density at radius 2 is 0.649 bits per heavy atom. The fourth-order valence-electron chi connectivity index (χ4n) is 10.1. The maximum Gasteiger partial charge on any atom is 0.164 e. The van der Waals surface area contributed by atoms with Gasteiger partial charge in [-0.2, -0.15) is 0 Å². The van der Waals surface area contributed by atoms with E-state index in [4.69, 9.17) is 15.0 Å². The standard InChI is InChI=1S/C53H33N3S/c1-3-17-34(18-4-1)49-54-50(35-19-5-2-6-20-35)56-51(55-49)36-31-32-40-38(33-36)37-21-7-8-22-39(37)52(40)41-23-9-11-25-43(41)53(44-26-12-10-24-42(44)52)45-27-13-15-29-47(45)57-48-30-16-14-28-46(48)53/h1-33H. The molecule has 8 aromatic carbocycles. The van der Waals surface area contributed by atoms with Crippen molar-refractivity contribution in [3.63, 3.8) is 0 Å². The van der Waals surface area contributed by atoms with Crippen LogP contribution < -0.4 is 0 Å². The summed E-state index contributed by atoms with van der Waals surface area (Å²) in [5.74, 6) is 1.96. The minimum atomic E-state index is -0.555. The molecule has 0 N–H and O–H groups in total. The summed E-state index contributed by atoms with van der Waals surface area (Å²) in [4.78, 5) is 17.8. The van der Waals surface area contributed by atoms with Gasteiger partial charge in [0, 0.05) is 26.5 Å². The summed E-state index contributed by atoms with van der Waals surface area (Å²) in [5.41, 5.74) is 14.8. The van der Waals surface area contributed by atoms with E-state index in [1.54, 1.807) is 0 Å². The van der Waals surface area contributed by atoms with Gasteiger partial charge in [-0.1, -0.05) is 194 Å². The number of hydrogen-bond donors (Lipinski definition) is 0. The van der Waals surface area contributed by atoms with Crippen LogP contribution in [0.2, 0.25) is 0 Å². The molecule has 0 bridgehead atoms. The van der Waals surface area contributed by atoms with E-state index in [0.717, 1.165) is 16.7 Å². The molecule has 12 rings (SSSR count). The van der Waals surface area contributed by atoms with E-state index < -0.39 is 10.8 Å². The molecule has 0 unspecified atom stereocenters. The highest BCUT2D eigenvalue weighted by Crippen LogP contribution is 2.67. The first kappa shape index (κ1) is 32.4. The number of nitrogens with zero attached hydrogens (tertiary/aromatic N) is 3. The Morgan fingerprint density at radius 1 is 0.281 bits per heavy atom. The number of aromatic nitrogens is 3. The lowest BCUT2D eigenvalue weighted by atomic mass is 9.51. The largest absolute Gasteiger partial charge is 0.208 e. The monoisotopic (exact) mass is 743 g/mol. The molecule has 57 heavy (non-hydrogen) atoms. The summed E-state index contributed by atoms with van der Waals surface area (Å²) in [5, 5.41) is 0. The molecule has 2 aliphatic carbocycles. The summed E-state index contributed by atoms with van der Waals surface area (Å²) in [7, 11) is 0. The second kappa shape index (κ2) is 12.3. The molecular formula is C53H33N3S. The first-order chi connectivity index (χ1) is 28.3. The zero-order valence-electron chi connectivity index (χ0n) is 30.8. The molecule has 1 aliphatic heterocycles. The third-order valence-corrected chi connectivity index (χ3v) is 13.4. The van der Waals surface area contributed by atoms with Gasteiger partial charge in [0.25, 0.3) is 0 Å². The molecule has 0 radical (unpaired) electrons. The molecular weight excluding hydrogens is 711 g/mol. The Labute approximate surface area is 335 Å². The molecule has 3 aliphatic rings. The first-order valence-electron chi connectivity index (χ1n) is 19.4. The third kappa shape index (κ3) is 4.42. The van der Waals surface area contributed by atoms with Crippen molar-refractivity contribution >= 4 is 11.8 Å². The average molecular weight is 744 g/mol. The zero-order chi connectivity index (χ0) is 37.6. The van der Waals surface area contributed by atoms with Crippen LogP contribution in [0.4, 0.5) is 0 Å². The molecule has 266 valence electrons. The van der Waals surface area contributed by atoms with E-state index in [-0.39, 0.29) is 0 Å². The van der Waals surface area contributed by atoms with Crippen molar-refractivity contribution in [2.75, 3.05) is 0 Å². The highest BCUT2D eigenvalue weighted by Gasteiger charge is 2.58. The van der Waals surface area contributed by atoms with E-state index in [1.165, 1.54) is 65.4 Å². The summed E-state index contributed by atoms with van der Waals surface area (Å²) in [6.45, 7) is 0.